The zero-order valence-electron chi connectivity index (χ0n) is 10.7. The maximum absolute atomic E-state index is 11.4. The summed E-state index contributed by atoms with van der Waals surface area (Å²) in [5.74, 6) is 0. The fourth-order valence-corrected chi connectivity index (χ4v) is 3.48. The Morgan fingerprint density at radius 3 is 2.55 bits per heavy atom. The number of sulfonamides is 1. The molecule has 0 amide bonds. The van der Waals surface area contributed by atoms with Crippen LogP contribution in [0.3, 0.4) is 0 Å². The molecule has 0 aliphatic rings. The number of anilines is 2. The van der Waals surface area contributed by atoms with Gasteiger partial charge < -0.3 is 10.6 Å². The highest BCUT2D eigenvalue weighted by atomic mass is 35.5. The summed E-state index contributed by atoms with van der Waals surface area (Å²) in [6, 6.07) is 8.29. The van der Waals surface area contributed by atoms with Crippen LogP contribution in [0.2, 0.25) is 4.34 Å². The molecular formula is C12H14ClN3O2S2. The van der Waals surface area contributed by atoms with E-state index in [1.165, 1.54) is 23.5 Å². The summed E-state index contributed by atoms with van der Waals surface area (Å²) in [5, 5.41) is 5.13. The number of nitrogens with two attached hydrogens (primary N) is 2. The van der Waals surface area contributed by atoms with Crippen LogP contribution >= 0.6 is 22.9 Å². The second-order valence-electron chi connectivity index (χ2n) is 4.37. The van der Waals surface area contributed by atoms with Crippen molar-refractivity contribution >= 4 is 44.3 Å². The molecule has 2 aromatic rings. The van der Waals surface area contributed by atoms with Gasteiger partial charge in [-0.25, -0.2) is 13.6 Å². The van der Waals surface area contributed by atoms with Crippen LogP contribution in [-0.2, 0) is 16.6 Å². The topological polar surface area (TPSA) is 89.4 Å². The molecule has 0 saturated carbocycles. The largest absolute Gasteiger partial charge is 0.399 e. The Balaban J connectivity index is 2.30. The first kappa shape index (κ1) is 15.1. The molecule has 0 atom stereocenters. The Morgan fingerprint density at radius 1 is 1.30 bits per heavy atom. The average molecular weight is 332 g/mol. The molecule has 5 nitrogen and oxygen atoms in total. The zero-order valence-corrected chi connectivity index (χ0v) is 13.1. The molecule has 1 heterocycles. The zero-order chi connectivity index (χ0) is 14.9. The lowest BCUT2D eigenvalue weighted by Gasteiger charge is -2.19. The molecule has 0 fully saturated rings. The second-order valence-corrected chi connectivity index (χ2v) is 7.73. The van der Waals surface area contributed by atoms with Gasteiger partial charge >= 0.3 is 0 Å². The first-order valence-electron chi connectivity index (χ1n) is 5.64. The SMILES string of the molecule is CN(Cc1ccc(Cl)s1)c1cc(N)cc(S(N)(=O)=O)c1. The van der Waals surface area contributed by atoms with Crippen LogP contribution in [0.4, 0.5) is 11.4 Å². The van der Waals surface area contributed by atoms with Gasteiger partial charge in [0.15, 0.2) is 0 Å². The fraction of sp³-hybridized carbons (Fsp3) is 0.167. The van der Waals surface area contributed by atoms with E-state index in [4.69, 9.17) is 22.5 Å². The quantitative estimate of drug-likeness (QED) is 0.841. The highest BCUT2D eigenvalue weighted by Crippen LogP contribution is 2.26. The van der Waals surface area contributed by atoms with Crippen molar-refractivity contribution in [2.75, 3.05) is 17.7 Å². The minimum Gasteiger partial charge on any atom is -0.399 e. The molecule has 0 aliphatic carbocycles. The van der Waals surface area contributed by atoms with Crippen molar-refractivity contribution in [2.45, 2.75) is 11.4 Å². The Morgan fingerprint density at radius 2 is 2.00 bits per heavy atom. The van der Waals surface area contributed by atoms with E-state index in [0.29, 0.717) is 22.3 Å². The van der Waals surface area contributed by atoms with Gasteiger partial charge in [-0.2, -0.15) is 0 Å². The lowest BCUT2D eigenvalue weighted by Crippen LogP contribution is -2.18. The second kappa shape index (κ2) is 5.61. The normalized spacial score (nSPS) is 11.6. The summed E-state index contributed by atoms with van der Waals surface area (Å²) in [4.78, 5) is 2.95. The standard InChI is InChI=1S/C12H14ClN3O2S2/c1-16(7-10-2-3-12(13)19-10)9-4-8(14)5-11(6-9)20(15,17)18/h2-6H,7,14H2,1H3,(H2,15,17,18). The van der Waals surface area contributed by atoms with Gasteiger partial charge in [-0.1, -0.05) is 11.6 Å². The number of benzene rings is 1. The Hall–Kier alpha value is -1.28. The summed E-state index contributed by atoms with van der Waals surface area (Å²) in [7, 11) is -1.93. The molecule has 0 radical (unpaired) electrons. The maximum Gasteiger partial charge on any atom is 0.238 e. The van der Waals surface area contributed by atoms with E-state index >= 15 is 0 Å². The van der Waals surface area contributed by atoms with Crippen LogP contribution in [-0.4, -0.2) is 15.5 Å². The molecule has 1 aromatic carbocycles. The monoisotopic (exact) mass is 331 g/mol. The van der Waals surface area contributed by atoms with Crippen LogP contribution in [0.5, 0.6) is 0 Å². The molecule has 0 saturated heterocycles. The maximum atomic E-state index is 11.4. The first-order valence-corrected chi connectivity index (χ1v) is 8.38. The number of nitrogen functional groups attached to an aromatic ring is 1. The molecule has 0 unspecified atom stereocenters. The highest BCUT2D eigenvalue weighted by molar-refractivity contribution is 7.89. The van der Waals surface area contributed by atoms with Crippen molar-refractivity contribution in [3.63, 3.8) is 0 Å². The van der Waals surface area contributed by atoms with Crippen LogP contribution in [0, 0.1) is 0 Å². The molecular weight excluding hydrogens is 318 g/mol. The van der Waals surface area contributed by atoms with Crippen LogP contribution < -0.4 is 15.8 Å². The van der Waals surface area contributed by atoms with Gasteiger partial charge in [-0.05, 0) is 30.3 Å². The summed E-state index contributed by atoms with van der Waals surface area (Å²) < 4.78 is 23.5. The van der Waals surface area contributed by atoms with Crippen molar-refractivity contribution in [1.82, 2.24) is 0 Å². The van der Waals surface area contributed by atoms with Crippen molar-refractivity contribution in [3.8, 4) is 0 Å². The first-order chi connectivity index (χ1) is 9.25. The van der Waals surface area contributed by atoms with Gasteiger partial charge in [0, 0.05) is 23.3 Å². The molecule has 0 bridgehead atoms. The Bertz CT molecular complexity index is 728. The molecule has 2 rings (SSSR count). The predicted octanol–water partition coefficient (Wildman–Crippen LogP) is 2.27. The Kier molecular flexibility index (Phi) is 4.24. The van der Waals surface area contributed by atoms with E-state index in [1.807, 2.05) is 24.1 Å². The van der Waals surface area contributed by atoms with E-state index in [1.54, 1.807) is 6.07 Å². The summed E-state index contributed by atoms with van der Waals surface area (Å²) >= 11 is 7.36. The third kappa shape index (κ3) is 3.63. The Labute approximate surface area is 126 Å². The number of hydrogen-bond donors (Lipinski definition) is 2. The van der Waals surface area contributed by atoms with Crippen LogP contribution in [0.15, 0.2) is 35.2 Å². The van der Waals surface area contributed by atoms with E-state index in [2.05, 4.69) is 0 Å². The van der Waals surface area contributed by atoms with Gasteiger partial charge in [-0.15, -0.1) is 11.3 Å². The van der Waals surface area contributed by atoms with Crippen molar-refractivity contribution < 1.29 is 8.42 Å². The molecule has 4 N–H and O–H groups in total. The van der Waals surface area contributed by atoms with Crippen LogP contribution in [0.1, 0.15) is 4.88 Å². The summed E-state index contributed by atoms with van der Waals surface area (Å²) in [5.41, 5.74) is 6.76. The van der Waals surface area contributed by atoms with Gasteiger partial charge in [0.1, 0.15) is 0 Å². The van der Waals surface area contributed by atoms with Gasteiger partial charge in [0.2, 0.25) is 10.0 Å². The number of nitrogens with zero attached hydrogens (tertiary/aromatic N) is 1. The van der Waals surface area contributed by atoms with Gasteiger partial charge in [0.05, 0.1) is 15.8 Å². The van der Waals surface area contributed by atoms with Gasteiger partial charge in [0.25, 0.3) is 0 Å². The minimum absolute atomic E-state index is 0.00330. The number of rotatable bonds is 4. The van der Waals surface area contributed by atoms with E-state index < -0.39 is 10.0 Å². The number of thiophene rings is 1. The lowest BCUT2D eigenvalue weighted by molar-refractivity contribution is 0.598. The molecule has 108 valence electrons. The number of hydrogen-bond acceptors (Lipinski definition) is 5. The minimum atomic E-state index is -3.78. The smallest absolute Gasteiger partial charge is 0.238 e. The lowest BCUT2D eigenvalue weighted by atomic mass is 10.2. The van der Waals surface area contributed by atoms with Crippen molar-refractivity contribution in [3.05, 3.63) is 39.5 Å². The summed E-state index contributed by atoms with van der Waals surface area (Å²) in [6.45, 7) is 0.602. The molecule has 8 heteroatoms. The number of halogens is 1. The molecule has 20 heavy (non-hydrogen) atoms. The average Bonchev–Trinajstić information content (AvgIpc) is 2.72. The predicted molar refractivity (Wildman–Crippen MR) is 83.7 cm³/mol. The van der Waals surface area contributed by atoms with Crippen molar-refractivity contribution in [2.24, 2.45) is 5.14 Å². The number of primary sulfonamides is 1. The molecule has 0 spiro atoms. The van der Waals surface area contributed by atoms with Crippen LogP contribution in [0.25, 0.3) is 0 Å². The van der Waals surface area contributed by atoms with E-state index in [9.17, 15) is 8.42 Å². The van der Waals surface area contributed by atoms with Gasteiger partial charge in [-0.3, -0.25) is 0 Å². The third-order valence-electron chi connectivity index (χ3n) is 2.70. The van der Waals surface area contributed by atoms with E-state index in [0.717, 1.165) is 4.88 Å². The van der Waals surface area contributed by atoms with Crippen molar-refractivity contribution in [1.29, 1.82) is 0 Å². The highest BCUT2D eigenvalue weighted by Gasteiger charge is 2.12. The molecule has 0 aliphatic heterocycles. The fourth-order valence-electron chi connectivity index (χ4n) is 1.75. The van der Waals surface area contributed by atoms with E-state index in [-0.39, 0.29) is 4.90 Å². The summed E-state index contributed by atoms with van der Waals surface area (Å²) in [6.07, 6.45) is 0. The molecule has 1 aromatic heterocycles. The third-order valence-corrected chi connectivity index (χ3v) is 4.81.